The number of halogens is 4. The number of ether oxygens (including phenoxy) is 1. The highest BCUT2D eigenvalue weighted by molar-refractivity contribution is 5.85. The number of carbonyl (C=O) groups is 1. The fraction of sp³-hybridized carbons (Fsp3) is 0.364. The number of primary amides is 1. The van der Waals surface area contributed by atoms with E-state index in [1.165, 1.54) is 19.1 Å². The summed E-state index contributed by atoms with van der Waals surface area (Å²) >= 11 is 0. The number of carbonyl (C=O) groups excluding carboxylic acids is 1. The molecule has 0 saturated carbocycles. The Morgan fingerprint density at radius 1 is 1.32 bits per heavy atom. The molecule has 0 heterocycles. The molecule has 1 atom stereocenters. The van der Waals surface area contributed by atoms with Crippen LogP contribution in [0.15, 0.2) is 24.3 Å². The van der Waals surface area contributed by atoms with Crippen LogP contribution in [0.4, 0.5) is 18.0 Å². The summed E-state index contributed by atoms with van der Waals surface area (Å²) in [6, 6.07) is 4.53. The molecule has 0 spiro atoms. The molecule has 4 nitrogen and oxygen atoms in total. The van der Waals surface area contributed by atoms with E-state index >= 15 is 0 Å². The van der Waals surface area contributed by atoms with Gasteiger partial charge in [0.1, 0.15) is 6.61 Å². The lowest BCUT2D eigenvalue weighted by molar-refractivity contribution is -0.137. The maximum Gasteiger partial charge on any atom is 0.416 e. The second kappa shape index (κ2) is 6.12. The molecule has 4 N–H and O–H groups in total. The smallest absolute Gasteiger partial charge is 0.416 e. The van der Waals surface area contributed by atoms with Crippen LogP contribution in [0.3, 0.4) is 0 Å². The minimum absolute atomic E-state index is 0. The van der Waals surface area contributed by atoms with Crippen molar-refractivity contribution < 1.29 is 22.7 Å². The van der Waals surface area contributed by atoms with E-state index in [4.69, 9.17) is 11.5 Å². The van der Waals surface area contributed by atoms with Crippen molar-refractivity contribution in [3.63, 3.8) is 0 Å². The van der Waals surface area contributed by atoms with Crippen molar-refractivity contribution in [2.45, 2.75) is 18.6 Å². The van der Waals surface area contributed by atoms with E-state index in [9.17, 15) is 18.0 Å². The number of amides is 1. The Kier molecular flexibility index (Phi) is 5.64. The number of alkyl halides is 3. The highest BCUT2D eigenvalue weighted by Crippen LogP contribution is 2.31. The molecule has 0 unspecified atom stereocenters. The number of benzene rings is 1. The SMILES string of the molecule is C[C@](N)(COC(N)=O)c1cccc(C(F)(F)F)c1.Cl. The van der Waals surface area contributed by atoms with Crippen molar-refractivity contribution >= 4 is 18.5 Å². The van der Waals surface area contributed by atoms with E-state index in [1.54, 1.807) is 0 Å². The molecule has 0 aromatic heterocycles. The summed E-state index contributed by atoms with van der Waals surface area (Å²) in [5.74, 6) is 0. The van der Waals surface area contributed by atoms with Gasteiger partial charge in [-0.2, -0.15) is 13.2 Å². The topological polar surface area (TPSA) is 78.3 Å². The number of hydrogen-bond donors (Lipinski definition) is 2. The third-order valence-electron chi connectivity index (χ3n) is 2.36. The second-order valence-electron chi connectivity index (χ2n) is 4.10. The molecule has 0 aliphatic heterocycles. The highest BCUT2D eigenvalue weighted by atomic mass is 35.5. The third-order valence-corrected chi connectivity index (χ3v) is 2.36. The number of hydrogen-bond acceptors (Lipinski definition) is 3. The Morgan fingerprint density at radius 3 is 2.32 bits per heavy atom. The fourth-order valence-electron chi connectivity index (χ4n) is 1.36. The highest BCUT2D eigenvalue weighted by Gasteiger charge is 2.32. The molecule has 0 aliphatic rings. The molecule has 0 aliphatic carbocycles. The summed E-state index contributed by atoms with van der Waals surface area (Å²) in [5, 5.41) is 0. The van der Waals surface area contributed by atoms with Gasteiger partial charge < -0.3 is 16.2 Å². The summed E-state index contributed by atoms with van der Waals surface area (Å²) in [5.41, 5.74) is 8.74. The van der Waals surface area contributed by atoms with E-state index in [2.05, 4.69) is 4.74 Å². The van der Waals surface area contributed by atoms with Crippen molar-refractivity contribution in [2.24, 2.45) is 11.5 Å². The summed E-state index contributed by atoms with van der Waals surface area (Å²) < 4.78 is 42.1. The monoisotopic (exact) mass is 298 g/mol. The Labute approximate surface area is 114 Å². The molecule has 108 valence electrons. The van der Waals surface area contributed by atoms with Gasteiger partial charge in [-0.25, -0.2) is 4.79 Å². The Balaban J connectivity index is 0.00000324. The zero-order chi connectivity index (χ0) is 14.0. The second-order valence-corrected chi connectivity index (χ2v) is 4.10. The predicted octanol–water partition coefficient (Wildman–Crippen LogP) is 2.40. The first kappa shape index (κ1) is 17.5. The molecule has 1 rings (SSSR count). The first-order valence-electron chi connectivity index (χ1n) is 5.02. The van der Waals surface area contributed by atoms with Crippen LogP contribution in [-0.2, 0) is 16.5 Å². The largest absolute Gasteiger partial charge is 0.447 e. The van der Waals surface area contributed by atoms with E-state index in [1.807, 2.05) is 0 Å². The molecule has 1 amide bonds. The van der Waals surface area contributed by atoms with Crippen LogP contribution in [0, 0.1) is 0 Å². The molecule has 0 radical (unpaired) electrons. The number of rotatable bonds is 3. The molecule has 0 saturated heterocycles. The summed E-state index contributed by atoms with van der Waals surface area (Å²) in [7, 11) is 0. The van der Waals surface area contributed by atoms with E-state index in [-0.39, 0.29) is 24.6 Å². The van der Waals surface area contributed by atoms with Crippen molar-refractivity contribution in [1.82, 2.24) is 0 Å². The van der Waals surface area contributed by atoms with Gasteiger partial charge in [0.25, 0.3) is 0 Å². The van der Waals surface area contributed by atoms with Crippen molar-refractivity contribution in [1.29, 1.82) is 0 Å². The standard InChI is InChI=1S/C11H13F3N2O2.ClH/c1-10(16,6-18-9(15)17)7-3-2-4-8(5-7)11(12,13)14;/h2-5H,6,16H2,1H3,(H2,15,17);1H/t10-;/m0./s1. The van der Waals surface area contributed by atoms with Gasteiger partial charge in [0.05, 0.1) is 11.1 Å². The minimum Gasteiger partial charge on any atom is -0.447 e. The Hall–Kier alpha value is -1.47. The molecule has 0 bridgehead atoms. The molecule has 1 aromatic carbocycles. The van der Waals surface area contributed by atoms with E-state index in [0.717, 1.165) is 12.1 Å². The minimum atomic E-state index is -4.45. The van der Waals surface area contributed by atoms with Crippen molar-refractivity contribution in [2.75, 3.05) is 6.61 Å². The van der Waals surface area contributed by atoms with Crippen molar-refractivity contribution in [3.05, 3.63) is 35.4 Å². The van der Waals surface area contributed by atoms with Gasteiger partial charge in [0, 0.05) is 0 Å². The lowest BCUT2D eigenvalue weighted by Gasteiger charge is -2.25. The molecular weight excluding hydrogens is 285 g/mol. The normalized spacial score (nSPS) is 14.2. The van der Waals surface area contributed by atoms with Crippen LogP contribution < -0.4 is 11.5 Å². The van der Waals surface area contributed by atoms with Gasteiger partial charge in [0.2, 0.25) is 0 Å². The van der Waals surface area contributed by atoms with Gasteiger partial charge >= 0.3 is 12.3 Å². The van der Waals surface area contributed by atoms with Gasteiger partial charge in [-0.15, -0.1) is 12.4 Å². The maximum absolute atomic E-state index is 12.5. The van der Waals surface area contributed by atoms with Crippen LogP contribution >= 0.6 is 12.4 Å². The average Bonchev–Trinajstić information content (AvgIpc) is 2.26. The quantitative estimate of drug-likeness (QED) is 0.899. The molecule has 0 fully saturated rings. The van der Waals surface area contributed by atoms with Crippen molar-refractivity contribution in [3.8, 4) is 0 Å². The van der Waals surface area contributed by atoms with E-state index in [0.29, 0.717) is 0 Å². The Morgan fingerprint density at radius 2 is 1.84 bits per heavy atom. The molecule has 1 aromatic rings. The lowest BCUT2D eigenvalue weighted by Crippen LogP contribution is -2.39. The van der Waals surface area contributed by atoms with Gasteiger partial charge in [-0.3, -0.25) is 0 Å². The third kappa shape index (κ3) is 4.96. The first-order chi connectivity index (χ1) is 8.13. The van der Waals surface area contributed by atoms with Gasteiger partial charge in [-0.05, 0) is 24.6 Å². The van der Waals surface area contributed by atoms with Crippen LogP contribution in [-0.4, -0.2) is 12.7 Å². The van der Waals surface area contributed by atoms with Crippen LogP contribution in [0.25, 0.3) is 0 Å². The van der Waals surface area contributed by atoms with Gasteiger partial charge in [-0.1, -0.05) is 12.1 Å². The first-order valence-corrected chi connectivity index (χ1v) is 5.02. The lowest BCUT2D eigenvalue weighted by atomic mass is 9.92. The summed E-state index contributed by atoms with van der Waals surface area (Å²) in [4.78, 5) is 10.5. The Bertz CT molecular complexity index is 450. The molecule has 8 heteroatoms. The fourth-order valence-corrected chi connectivity index (χ4v) is 1.36. The van der Waals surface area contributed by atoms with E-state index < -0.39 is 23.4 Å². The maximum atomic E-state index is 12.5. The average molecular weight is 299 g/mol. The zero-order valence-corrected chi connectivity index (χ0v) is 10.8. The molecule has 19 heavy (non-hydrogen) atoms. The zero-order valence-electron chi connectivity index (χ0n) is 10.0. The predicted molar refractivity (Wildman–Crippen MR) is 65.8 cm³/mol. The summed E-state index contributed by atoms with van der Waals surface area (Å²) in [6.45, 7) is 1.15. The van der Waals surface area contributed by atoms with Crippen LogP contribution in [0.5, 0.6) is 0 Å². The van der Waals surface area contributed by atoms with Crippen LogP contribution in [0.2, 0.25) is 0 Å². The van der Waals surface area contributed by atoms with Crippen LogP contribution in [0.1, 0.15) is 18.1 Å². The number of nitrogens with two attached hydrogens (primary N) is 2. The summed E-state index contributed by atoms with van der Waals surface area (Å²) in [6.07, 6.45) is -5.48. The molecular formula is C11H14ClF3N2O2. The van der Waals surface area contributed by atoms with Gasteiger partial charge in [0.15, 0.2) is 0 Å².